The molecule has 0 saturated carbocycles. The van der Waals surface area contributed by atoms with Gasteiger partial charge in [0, 0.05) is 47.5 Å². The van der Waals surface area contributed by atoms with E-state index in [1.165, 1.54) is 18.4 Å². The number of amides is 1. The highest BCUT2D eigenvalue weighted by molar-refractivity contribution is 5.95. The van der Waals surface area contributed by atoms with Gasteiger partial charge in [-0.2, -0.15) is 0 Å². The molecule has 1 N–H and O–H groups in total. The summed E-state index contributed by atoms with van der Waals surface area (Å²) in [6.45, 7) is 4.64. The molecule has 0 fully saturated rings. The molecule has 1 aliphatic carbocycles. The van der Waals surface area contributed by atoms with Crippen LogP contribution in [0.15, 0.2) is 43.0 Å². The minimum absolute atomic E-state index is 0.0940. The highest BCUT2D eigenvalue weighted by atomic mass is 16.1. The van der Waals surface area contributed by atoms with Crippen molar-refractivity contribution in [3.63, 3.8) is 0 Å². The fourth-order valence-electron chi connectivity index (χ4n) is 3.69. The SMILES string of the molecule is Cc1nc(-c2cccc(C(=O)NC[C@H](C)n3ccnc3)c2)nc2c1CCCC2. The molecule has 0 spiro atoms. The molecule has 1 aromatic carbocycles. The summed E-state index contributed by atoms with van der Waals surface area (Å²) in [7, 11) is 0. The Kier molecular flexibility index (Phi) is 5.19. The van der Waals surface area contributed by atoms with Crippen LogP contribution in [0.25, 0.3) is 11.4 Å². The number of hydrogen-bond acceptors (Lipinski definition) is 4. The third kappa shape index (κ3) is 3.81. The number of nitrogens with zero attached hydrogens (tertiary/aromatic N) is 4. The van der Waals surface area contributed by atoms with Gasteiger partial charge in [-0.1, -0.05) is 12.1 Å². The number of imidazole rings is 1. The Labute approximate surface area is 165 Å². The second-order valence-electron chi connectivity index (χ2n) is 7.41. The fourth-order valence-corrected chi connectivity index (χ4v) is 3.69. The zero-order chi connectivity index (χ0) is 19.5. The summed E-state index contributed by atoms with van der Waals surface area (Å²) >= 11 is 0. The van der Waals surface area contributed by atoms with Crippen molar-refractivity contribution in [2.45, 2.75) is 45.6 Å². The van der Waals surface area contributed by atoms with Crippen LogP contribution in [0.2, 0.25) is 0 Å². The smallest absolute Gasteiger partial charge is 0.251 e. The average molecular weight is 375 g/mol. The van der Waals surface area contributed by atoms with Crippen molar-refractivity contribution in [1.82, 2.24) is 24.8 Å². The highest BCUT2D eigenvalue weighted by Crippen LogP contribution is 2.25. The first kappa shape index (κ1) is 18.3. The summed E-state index contributed by atoms with van der Waals surface area (Å²) < 4.78 is 1.97. The number of hydrogen-bond donors (Lipinski definition) is 1. The van der Waals surface area contributed by atoms with E-state index in [0.29, 0.717) is 17.9 Å². The average Bonchev–Trinajstić information content (AvgIpc) is 3.27. The summed E-state index contributed by atoms with van der Waals surface area (Å²) in [6.07, 6.45) is 9.86. The fraction of sp³-hybridized carbons (Fsp3) is 0.364. The summed E-state index contributed by atoms with van der Waals surface area (Å²) in [5.74, 6) is 0.614. The highest BCUT2D eigenvalue weighted by Gasteiger charge is 2.17. The maximum Gasteiger partial charge on any atom is 0.251 e. The lowest BCUT2D eigenvalue weighted by molar-refractivity contribution is 0.0948. The standard InChI is InChI=1S/C22H25N5O/c1-15(27-11-10-23-14-27)13-24-22(28)18-7-5-6-17(12-18)21-25-16(2)19-8-3-4-9-20(19)26-21/h5-7,10-12,14-15H,3-4,8-9,13H2,1-2H3,(H,24,28)/t15-/m0/s1. The van der Waals surface area contributed by atoms with E-state index < -0.39 is 0 Å². The van der Waals surface area contributed by atoms with E-state index in [4.69, 9.17) is 9.97 Å². The Morgan fingerprint density at radius 3 is 2.93 bits per heavy atom. The Morgan fingerprint density at radius 1 is 1.25 bits per heavy atom. The van der Waals surface area contributed by atoms with E-state index in [9.17, 15) is 4.79 Å². The van der Waals surface area contributed by atoms with Crippen LogP contribution in [0.5, 0.6) is 0 Å². The molecule has 6 heteroatoms. The maximum absolute atomic E-state index is 12.6. The molecule has 2 heterocycles. The van der Waals surface area contributed by atoms with Crippen LogP contribution in [0.4, 0.5) is 0 Å². The molecule has 2 aromatic heterocycles. The number of aromatic nitrogens is 4. The maximum atomic E-state index is 12.6. The van der Waals surface area contributed by atoms with Crippen molar-refractivity contribution in [3.8, 4) is 11.4 Å². The van der Waals surface area contributed by atoms with Crippen LogP contribution < -0.4 is 5.32 Å². The van der Waals surface area contributed by atoms with Gasteiger partial charge in [0.2, 0.25) is 0 Å². The normalized spacial score (nSPS) is 14.4. The summed E-state index contributed by atoms with van der Waals surface area (Å²) in [5.41, 5.74) is 5.03. The zero-order valence-electron chi connectivity index (χ0n) is 16.4. The van der Waals surface area contributed by atoms with Gasteiger partial charge in [-0.05, 0) is 57.2 Å². The van der Waals surface area contributed by atoms with Crippen LogP contribution in [0, 0.1) is 6.92 Å². The van der Waals surface area contributed by atoms with E-state index >= 15 is 0 Å². The van der Waals surface area contributed by atoms with Crippen molar-refractivity contribution in [2.75, 3.05) is 6.54 Å². The first-order valence-electron chi connectivity index (χ1n) is 9.84. The van der Waals surface area contributed by atoms with Gasteiger partial charge in [-0.3, -0.25) is 4.79 Å². The predicted octanol–water partition coefficient (Wildman–Crippen LogP) is 3.52. The number of carbonyl (C=O) groups excluding carboxylic acids is 1. The Bertz CT molecular complexity index is 981. The lowest BCUT2D eigenvalue weighted by Crippen LogP contribution is -2.29. The lowest BCUT2D eigenvalue weighted by Gasteiger charge is -2.18. The van der Waals surface area contributed by atoms with E-state index in [-0.39, 0.29) is 11.9 Å². The van der Waals surface area contributed by atoms with Crippen LogP contribution in [-0.2, 0) is 12.8 Å². The van der Waals surface area contributed by atoms with Gasteiger partial charge < -0.3 is 9.88 Å². The molecule has 28 heavy (non-hydrogen) atoms. The minimum atomic E-state index is -0.0940. The molecule has 6 nitrogen and oxygen atoms in total. The van der Waals surface area contributed by atoms with Gasteiger partial charge in [-0.15, -0.1) is 0 Å². The second kappa shape index (κ2) is 7.92. The first-order chi connectivity index (χ1) is 13.6. The van der Waals surface area contributed by atoms with E-state index in [2.05, 4.69) is 17.2 Å². The van der Waals surface area contributed by atoms with Crippen molar-refractivity contribution in [2.24, 2.45) is 0 Å². The molecule has 0 bridgehead atoms. The molecule has 1 amide bonds. The molecule has 0 radical (unpaired) electrons. The van der Waals surface area contributed by atoms with Crippen LogP contribution in [0.1, 0.15) is 53.1 Å². The monoisotopic (exact) mass is 375 g/mol. The molecule has 3 aromatic rings. The Morgan fingerprint density at radius 2 is 2.11 bits per heavy atom. The Balaban J connectivity index is 1.51. The number of aryl methyl sites for hydroxylation is 2. The molecule has 1 atom stereocenters. The largest absolute Gasteiger partial charge is 0.350 e. The molecule has 1 aliphatic rings. The lowest BCUT2D eigenvalue weighted by atomic mass is 9.94. The number of fused-ring (bicyclic) bond motifs is 1. The van der Waals surface area contributed by atoms with Crippen molar-refractivity contribution >= 4 is 5.91 Å². The molecule has 0 unspecified atom stereocenters. The van der Waals surface area contributed by atoms with Crippen LogP contribution in [0.3, 0.4) is 0 Å². The van der Waals surface area contributed by atoms with Gasteiger partial charge in [-0.25, -0.2) is 15.0 Å². The van der Waals surface area contributed by atoms with Crippen LogP contribution in [-0.4, -0.2) is 32.0 Å². The topological polar surface area (TPSA) is 72.7 Å². The number of benzene rings is 1. The zero-order valence-corrected chi connectivity index (χ0v) is 16.4. The molecule has 0 aliphatic heterocycles. The third-order valence-corrected chi connectivity index (χ3v) is 5.36. The van der Waals surface area contributed by atoms with E-state index in [1.54, 1.807) is 12.5 Å². The number of carbonyl (C=O) groups is 1. The van der Waals surface area contributed by atoms with Gasteiger partial charge in [0.25, 0.3) is 5.91 Å². The molecule has 0 saturated heterocycles. The van der Waals surface area contributed by atoms with E-state index in [1.807, 2.05) is 42.0 Å². The van der Waals surface area contributed by atoms with E-state index in [0.717, 1.165) is 29.8 Å². The molecule has 4 rings (SSSR count). The van der Waals surface area contributed by atoms with Crippen molar-refractivity contribution in [1.29, 1.82) is 0 Å². The van der Waals surface area contributed by atoms with Crippen LogP contribution >= 0.6 is 0 Å². The first-order valence-corrected chi connectivity index (χ1v) is 9.84. The Hall–Kier alpha value is -3.02. The third-order valence-electron chi connectivity index (χ3n) is 5.36. The number of rotatable bonds is 5. The summed E-state index contributed by atoms with van der Waals surface area (Å²) in [5, 5.41) is 3.00. The van der Waals surface area contributed by atoms with Crippen molar-refractivity contribution < 1.29 is 4.79 Å². The molecule has 144 valence electrons. The summed E-state index contributed by atoms with van der Waals surface area (Å²) in [6, 6.07) is 7.70. The van der Waals surface area contributed by atoms with Gasteiger partial charge in [0.05, 0.1) is 6.33 Å². The summed E-state index contributed by atoms with van der Waals surface area (Å²) in [4.78, 5) is 26.2. The predicted molar refractivity (Wildman–Crippen MR) is 108 cm³/mol. The number of nitrogens with one attached hydrogen (secondary N) is 1. The molecular weight excluding hydrogens is 350 g/mol. The van der Waals surface area contributed by atoms with Gasteiger partial charge in [0.1, 0.15) is 0 Å². The minimum Gasteiger partial charge on any atom is -0.350 e. The second-order valence-corrected chi connectivity index (χ2v) is 7.41. The van der Waals surface area contributed by atoms with Crippen molar-refractivity contribution in [3.05, 3.63) is 65.5 Å². The molecular formula is C22H25N5O. The quantitative estimate of drug-likeness (QED) is 0.741. The van der Waals surface area contributed by atoms with Gasteiger partial charge in [0.15, 0.2) is 5.82 Å². The van der Waals surface area contributed by atoms with Gasteiger partial charge >= 0.3 is 0 Å².